The van der Waals surface area contributed by atoms with E-state index in [-0.39, 0.29) is 24.1 Å². The van der Waals surface area contributed by atoms with Crippen molar-refractivity contribution in [1.82, 2.24) is 0 Å². The van der Waals surface area contributed by atoms with Gasteiger partial charge in [-0.25, -0.2) is 4.39 Å². The Hall–Kier alpha value is -1.62. The molecule has 2 bridgehead atoms. The van der Waals surface area contributed by atoms with E-state index in [9.17, 15) is 14.3 Å². The summed E-state index contributed by atoms with van der Waals surface area (Å²) < 4.78 is 24.8. The Balaban J connectivity index is 1.55. The monoisotopic (exact) mass is 292 g/mol. The van der Waals surface area contributed by atoms with E-state index in [4.69, 9.17) is 9.47 Å². The van der Waals surface area contributed by atoms with Crippen LogP contribution in [0.15, 0.2) is 18.2 Å². The number of aliphatic carboxylic acids is 1. The number of hydrogen-bond donors (Lipinski definition) is 1. The number of carboxylic acid groups (broad SMARTS) is 1. The van der Waals surface area contributed by atoms with Gasteiger partial charge in [-0.2, -0.15) is 0 Å². The fourth-order valence-electron chi connectivity index (χ4n) is 4.14. The van der Waals surface area contributed by atoms with Crippen molar-refractivity contribution in [3.05, 3.63) is 29.6 Å². The second kappa shape index (κ2) is 4.44. The first kappa shape index (κ1) is 13.1. The molecular weight excluding hydrogens is 275 g/mol. The summed E-state index contributed by atoms with van der Waals surface area (Å²) in [5.74, 6) is -0.402. The Morgan fingerprint density at radius 3 is 2.95 bits per heavy atom. The van der Waals surface area contributed by atoms with Crippen LogP contribution >= 0.6 is 0 Å². The van der Waals surface area contributed by atoms with Gasteiger partial charge in [0.1, 0.15) is 17.7 Å². The molecule has 0 aliphatic carbocycles. The number of rotatable bonds is 3. The fourth-order valence-corrected chi connectivity index (χ4v) is 4.14. The van der Waals surface area contributed by atoms with Crippen LogP contribution in [0.4, 0.5) is 4.39 Å². The van der Waals surface area contributed by atoms with Crippen LogP contribution in [0.5, 0.6) is 5.75 Å². The summed E-state index contributed by atoms with van der Waals surface area (Å²) in [6.45, 7) is 0. The molecule has 0 radical (unpaired) electrons. The highest BCUT2D eigenvalue weighted by Gasteiger charge is 2.58. The van der Waals surface area contributed by atoms with Crippen LogP contribution in [-0.2, 0) is 16.0 Å². The first-order chi connectivity index (χ1) is 10.1. The average molecular weight is 292 g/mol. The lowest BCUT2D eigenvalue weighted by atomic mass is 9.70. The third-order valence-corrected chi connectivity index (χ3v) is 5.10. The van der Waals surface area contributed by atoms with Crippen LogP contribution in [0.25, 0.3) is 0 Å². The zero-order chi connectivity index (χ0) is 14.6. The molecule has 0 spiro atoms. The predicted molar refractivity (Wildman–Crippen MR) is 71.7 cm³/mol. The van der Waals surface area contributed by atoms with Crippen molar-refractivity contribution in [2.24, 2.45) is 5.41 Å². The van der Waals surface area contributed by atoms with Crippen LogP contribution in [0.1, 0.15) is 31.2 Å². The molecule has 0 amide bonds. The highest BCUT2D eigenvalue weighted by atomic mass is 19.1. The van der Waals surface area contributed by atoms with Gasteiger partial charge >= 0.3 is 5.97 Å². The van der Waals surface area contributed by atoms with E-state index in [2.05, 4.69) is 0 Å². The average Bonchev–Trinajstić information content (AvgIpc) is 3.11. The maximum atomic E-state index is 13.3. The third kappa shape index (κ3) is 1.94. The summed E-state index contributed by atoms with van der Waals surface area (Å²) in [4.78, 5) is 11.8. The van der Waals surface area contributed by atoms with E-state index in [1.165, 1.54) is 12.1 Å². The van der Waals surface area contributed by atoms with E-state index in [0.717, 1.165) is 18.4 Å². The van der Waals surface area contributed by atoms with Crippen molar-refractivity contribution in [1.29, 1.82) is 0 Å². The van der Waals surface area contributed by atoms with Gasteiger partial charge in [0.25, 0.3) is 0 Å². The molecule has 2 saturated heterocycles. The van der Waals surface area contributed by atoms with Gasteiger partial charge in [-0.15, -0.1) is 0 Å². The van der Waals surface area contributed by atoms with E-state index >= 15 is 0 Å². The number of halogens is 1. The fraction of sp³-hybridized carbons (Fsp3) is 0.562. The van der Waals surface area contributed by atoms with Crippen molar-refractivity contribution in [3.8, 4) is 5.75 Å². The van der Waals surface area contributed by atoms with Gasteiger partial charge < -0.3 is 14.6 Å². The molecule has 4 atom stereocenters. The van der Waals surface area contributed by atoms with Gasteiger partial charge in [-0.1, -0.05) is 0 Å². The standard InChI is InChI=1S/C16H17FO4/c17-10-1-3-13-9(5-10)6-12(20-13)8-16(15(18)19)7-11-2-4-14(16)21-11/h1,3,5,11-12,14H,2,4,6-8H2,(H,18,19). The van der Waals surface area contributed by atoms with Crippen LogP contribution in [0.2, 0.25) is 0 Å². The maximum Gasteiger partial charge on any atom is 0.312 e. The van der Waals surface area contributed by atoms with Gasteiger partial charge in [0.15, 0.2) is 0 Å². The Bertz CT molecular complexity index is 602. The maximum absolute atomic E-state index is 13.3. The summed E-state index contributed by atoms with van der Waals surface area (Å²) >= 11 is 0. The summed E-state index contributed by atoms with van der Waals surface area (Å²) in [5, 5.41) is 9.71. The smallest absolute Gasteiger partial charge is 0.312 e. The van der Waals surface area contributed by atoms with Crippen LogP contribution in [0.3, 0.4) is 0 Å². The van der Waals surface area contributed by atoms with Gasteiger partial charge in [0, 0.05) is 18.4 Å². The summed E-state index contributed by atoms with van der Waals surface area (Å²) in [6, 6.07) is 4.46. The van der Waals surface area contributed by atoms with Crippen LogP contribution in [-0.4, -0.2) is 29.4 Å². The minimum atomic E-state index is -0.839. The Morgan fingerprint density at radius 2 is 2.29 bits per heavy atom. The number of benzene rings is 1. The highest BCUT2D eigenvalue weighted by Crippen LogP contribution is 2.51. The number of ether oxygens (including phenoxy) is 2. The normalized spacial score (nSPS) is 36.5. The molecule has 112 valence electrons. The lowest BCUT2D eigenvalue weighted by Gasteiger charge is -2.32. The Labute approximate surface area is 121 Å². The molecule has 1 aromatic rings. The predicted octanol–water partition coefficient (Wildman–Crippen LogP) is 2.54. The topological polar surface area (TPSA) is 55.8 Å². The van der Waals surface area contributed by atoms with Crippen LogP contribution < -0.4 is 4.74 Å². The SMILES string of the molecule is O=C(O)C1(CC2Cc3cc(F)ccc3O2)CC2CCC1O2. The molecule has 3 heterocycles. The van der Waals surface area contributed by atoms with Gasteiger partial charge in [-0.05, 0) is 37.5 Å². The first-order valence-electron chi connectivity index (χ1n) is 7.41. The highest BCUT2D eigenvalue weighted by molar-refractivity contribution is 5.76. The molecule has 5 heteroatoms. The number of hydrogen-bond acceptors (Lipinski definition) is 3. The van der Waals surface area contributed by atoms with E-state index < -0.39 is 11.4 Å². The van der Waals surface area contributed by atoms with Crippen LogP contribution in [0, 0.1) is 11.2 Å². The lowest BCUT2D eigenvalue weighted by Crippen LogP contribution is -2.43. The van der Waals surface area contributed by atoms with Crippen molar-refractivity contribution in [2.45, 2.75) is 50.4 Å². The van der Waals surface area contributed by atoms with Gasteiger partial charge in [-0.3, -0.25) is 4.79 Å². The third-order valence-electron chi connectivity index (χ3n) is 5.10. The molecule has 4 unspecified atom stereocenters. The number of fused-ring (bicyclic) bond motifs is 3. The second-order valence-electron chi connectivity index (χ2n) is 6.39. The molecule has 0 saturated carbocycles. The van der Waals surface area contributed by atoms with Gasteiger partial charge in [0.2, 0.25) is 0 Å². The lowest BCUT2D eigenvalue weighted by molar-refractivity contribution is -0.154. The Kier molecular flexibility index (Phi) is 2.76. The molecular formula is C16H17FO4. The number of carbonyl (C=O) groups is 1. The zero-order valence-corrected chi connectivity index (χ0v) is 11.5. The minimum absolute atomic E-state index is 0.0762. The number of carboxylic acids is 1. The van der Waals surface area contributed by atoms with E-state index in [1.807, 2.05) is 0 Å². The molecule has 1 N–H and O–H groups in total. The summed E-state index contributed by atoms with van der Waals surface area (Å²) in [7, 11) is 0. The van der Waals surface area contributed by atoms with E-state index in [0.29, 0.717) is 25.0 Å². The Morgan fingerprint density at radius 1 is 1.43 bits per heavy atom. The summed E-state index contributed by atoms with van der Waals surface area (Å²) in [6.07, 6.45) is 3.00. The second-order valence-corrected chi connectivity index (χ2v) is 6.39. The van der Waals surface area contributed by atoms with Crippen molar-refractivity contribution in [3.63, 3.8) is 0 Å². The molecule has 4 rings (SSSR count). The molecule has 21 heavy (non-hydrogen) atoms. The summed E-state index contributed by atoms with van der Waals surface area (Å²) in [5.41, 5.74) is -0.0154. The van der Waals surface area contributed by atoms with Crippen molar-refractivity contribution < 1.29 is 23.8 Å². The van der Waals surface area contributed by atoms with Gasteiger partial charge in [0.05, 0.1) is 17.6 Å². The zero-order valence-electron chi connectivity index (χ0n) is 11.5. The minimum Gasteiger partial charge on any atom is -0.490 e. The quantitative estimate of drug-likeness (QED) is 0.930. The van der Waals surface area contributed by atoms with E-state index in [1.54, 1.807) is 6.07 Å². The molecule has 2 fully saturated rings. The molecule has 3 aliphatic rings. The molecule has 4 nitrogen and oxygen atoms in total. The molecule has 1 aromatic carbocycles. The molecule has 3 aliphatic heterocycles. The van der Waals surface area contributed by atoms with Crippen molar-refractivity contribution >= 4 is 5.97 Å². The largest absolute Gasteiger partial charge is 0.490 e. The first-order valence-corrected chi connectivity index (χ1v) is 7.41. The molecule has 0 aromatic heterocycles. The van der Waals surface area contributed by atoms with Crippen molar-refractivity contribution in [2.75, 3.05) is 0 Å².